The lowest BCUT2D eigenvalue weighted by atomic mass is 10.2. The number of hydrogen-bond donors (Lipinski definition) is 1. The van der Waals surface area contributed by atoms with Crippen LogP contribution < -0.4 is 10.2 Å². The Balaban J connectivity index is 1.72. The molecule has 0 aromatic heterocycles. The van der Waals surface area contributed by atoms with E-state index in [9.17, 15) is 14.4 Å². The third-order valence-corrected chi connectivity index (χ3v) is 4.74. The van der Waals surface area contributed by atoms with Gasteiger partial charge in [0.15, 0.2) is 5.37 Å². The summed E-state index contributed by atoms with van der Waals surface area (Å²) >= 11 is 0.931. The number of thioether (sulfide) groups is 1. The van der Waals surface area contributed by atoms with Gasteiger partial charge in [0.25, 0.3) is 11.1 Å². The number of esters is 1. The van der Waals surface area contributed by atoms with Crippen LogP contribution in [0.5, 0.6) is 0 Å². The second kappa shape index (κ2) is 7.61. The van der Waals surface area contributed by atoms with Crippen LogP contribution in [-0.2, 0) is 9.53 Å². The summed E-state index contributed by atoms with van der Waals surface area (Å²) < 4.78 is 4.94. The molecule has 7 heteroatoms. The van der Waals surface area contributed by atoms with Gasteiger partial charge >= 0.3 is 5.97 Å². The lowest BCUT2D eigenvalue weighted by Gasteiger charge is -2.15. The lowest BCUT2D eigenvalue weighted by Crippen LogP contribution is -2.34. The van der Waals surface area contributed by atoms with Gasteiger partial charge in [0.1, 0.15) is 0 Å². The van der Waals surface area contributed by atoms with E-state index in [2.05, 4.69) is 5.32 Å². The van der Waals surface area contributed by atoms with E-state index in [0.29, 0.717) is 23.5 Å². The smallest absolute Gasteiger partial charge is 0.338 e. The Morgan fingerprint density at radius 3 is 2.58 bits per heavy atom. The van der Waals surface area contributed by atoms with E-state index in [4.69, 9.17) is 4.74 Å². The molecule has 2 aromatic carbocycles. The highest BCUT2D eigenvalue weighted by Gasteiger charge is 2.40. The summed E-state index contributed by atoms with van der Waals surface area (Å²) in [6.07, 6.45) is 0. The zero-order chi connectivity index (χ0) is 18.7. The molecule has 1 aliphatic rings. The van der Waals surface area contributed by atoms with Crippen molar-refractivity contribution in [2.45, 2.75) is 19.2 Å². The van der Waals surface area contributed by atoms with Gasteiger partial charge in [-0.05, 0) is 67.6 Å². The van der Waals surface area contributed by atoms with Crippen molar-refractivity contribution >= 4 is 40.3 Å². The normalized spacial score (nSPS) is 16.7. The summed E-state index contributed by atoms with van der Waals surface area (Å²) in [5.41, 5.74) is 2.61. The van der Waals surface area contributed by atoms with Crippen LogP contribution in [0.4, 0.5) is 16.2 Å². The summed E-state index contributed by atoms with van der Waals surface area (Å²) in [5, 5.41) is 2.00. The number of carbonyl (C=O) groups excluding carboxylic acids is 3. The molecule has 0 radical (unpaired) electrons. The topological polar surface area (TPSA) is 75.7 Å². The summed E-state index contributed by atoms with van der Waals surface area (Å²) in [6, 6.07) is 13.8. The van der Waals surface area contributed by atoms with Crippen LogP contribution in [-0.4, -0.2) is 29.1 Å². The molecule has 3 rings (SSSR count). The summed E-state index contributed by atoms with van der Waals surface area (Å²) in [4.78, 5) is 37.8. The quantitative estimate of drug-likeness (QED) is 0.807. The highest BCUT2D eigenvalue weighted by molar-refractivity contribution is 8.16. The molecule has 1 aliphatic heterocycles. The van der Waals surface area contributed by atoms with Gasteiger partial charge in [-0.25, -0.2) is 9.69 Å². The van der Waals surface area contributed by atoms with Gasteiger partial charge < -0.3 is 10.1 Å². The zero-order valence-corrected chi connectivity index (χ0v) is 15.2. The van der Waals surface area contributed by atoms with Gasteiger partial charge in [-0.2, -0.15) is 0 Å². The predicted octanol–water partition coefficient (Wildman–Crippen LogP) is 3.81. The van der Waals surface area contributed by atoms with Crippen molar-refractivity contribution in [2.75, 3.05) is 16.8 Å². The highest BCUT2D eigenvalue weighted by atomic mass is 32.2. The van der Waals surface area contributed by atoms with E-state index in [0.717, 1.165) is 17.3 Å². The standard InChI is InChI=1S/C19H18N2O4S/c1-3-25-18(23)13-7-9-14(10-8-13)20-16-17(22)21(19(24)26-16)15-6-4-5-12(2)11-15/h4-11,16,20H,3H2,1-2H3. The molecule has 0 saturated carbocycles. The number of ether oxygens (including phenoxy) is 1. The van der Waals surface area contributed by atoms with Crippen LogP contribution in [0, 0.1) is 6.92 Å². The molecule has 6 nitrogen and oxygen atoms in total. The molecule has 26 heavy (non-hydrogen) atoms. The second-order valence-electron chi connectivity index (χ2n) is 5.72. The number of aryl methyl sites for hydroxylation is 1. The van der Waals surface area contributed by atoms with Crippen LogP contribution in [0.25, 0.3) is 0 Å². The molecular weight excluding hydrogens is 352 g/mol. The van der Waals surface area contributed by atoms with Gasteiger partial charge in [0.05, 0.1) is 17.9 Å². The van der Waals surface area contributed by atoms with E-state index in [1.54, 1.807) is 43.3 Å². The Labute approximate surface area is 155 Å². The van der Waals surface area contributed by atoms with Crippen LogP contribution in [0.3, 0.4) is 0 Å². The average Bonchev–Trinajstić information content (AvgIpc) is 2.89. The van der Waals surface area contributed by atoms with Crippen molar-refractivity contribution in [3.63, 3.8) is 0 Å². The SMILES string of the molecule is CCOC(=O)c1ccc(NC2SC(=O)N(c3cccc(C)c3)C2=O)cc1. The molecule has 2 amide bonds. The van der Waals surface area contributed by atoms with Crippen molar-refractivity contribution < 1.29 is 19.1 Å². The molecule has 1 N–H and O–H groups in total. The van der Waals surface area contributed by atoms with Gasteiger partial charge in [0, 0.05) is 5.69 Å². The summed E-state index contributed by atoms with van der Waals surface area (Å²) in [5.74, 6) is -0.716. The van der Waals surface area contributed by atoms with Crippen molar-refractivity contribution in [1.29, 1.82) is 0 Å². The zero-order valence-electron chi connectivity index (χ0n) is 14.4. The first kappa shape index (κ1) is 18.0. The fourth-order valence-corrected chi connectivity index (χ4v) is 3.47. The van der Waals surface area contributed by atoms with E-state index in [1.165, 1.54) is 4.90 Å². The maximum absolute atomic E-state index is 12.6. The Bertz CT molecular complexity index is 851. The molecule has 1 fully saturated rings. The van der Waals surface area contributed by atoms with Gasteiger partial charge in [-0.1, -0.05) is 12.1 Å². The third kappa shape index (κ3) is 3.72. The number of carbonyl (C=O) groups is 3. The number of amides is 2. The van der Waals surface area contributed by atoms with Crippen LogP contribution >= 0.6 is 11.8 Å². The molecule has 2 aromatic rings. The number of benzene rings is 2. The maximum atomic E-state index is 12.6. The van der Waals surface area contributed by atoms with Crippen molar-refractivity contribution in [2.24, 2.45) is 0 Å². The van der Waals surface area contributed by atoms with Crippen molar-refractivity contribution in [3.05, 3.63) is 59.7 Å². The minimum atomic E-state index is -0.712. The number of nitrogens with one attached hydrogen (secondary N) is 1. The summed E-state index contributed by atoms with van der Waals surface area (Å²) in [7, 11) is 0. The first-order valence-electron chi connectivity index (χ1n) is 8.14. The van der Waals surface area contributed by atoms with E-state index < -0.39 is 11.3 Å². The summed E-state index contributed by atoms with van der Waals surface area (Å²) in [6.45, 7) is 3.96. The third-order valence-electron chi connectivity index (χ3n) is 3.80. The highest BCUT2D eigenvalue weighted by Crippen LogP contribution is 2.32. The minimum absolute atomic E-state index is 0.308. The van der Waals surface area contributed by atoms with Gasteiger partial charge in [-0.3, -0.25) is 9.59 Å². The molecule has 1 heterocycles. The number of anilines is 2. The van der Waals surface area contributed by atoms with Crippen LogP contribution in [0.15, 0.2) is 48.5 Å². The van der Waals surface area contributed by atoms with Crippen LogP contribution in [0.2, 0.25) is 0 Å². The largest absolute Gasteiger partial charge is 0.462 e. The minimum Gasteiger partial charge on any atom is -0.462 e. The maximum Gasteiger partial charge on any atom is 0.338 e. The Morgan fingerprint density at radius 2 is 1.92 bits per heavy atom. The second-order valence-corrected chi connectivity index (χ2v) is 6.77. The number of rotatable bonds is 5. The molecule has 0 spiro atoms. The van der Waals surface area contributed by atoms with E-state index >= 15 is 0 Å². The fraction of sp³-hybridized carbons (Fsp3) is 0.211. The molecular formula is C19H18N2O4S. The molecule has 1 saturated heterocycles. The Kier molecular flexibility index (Phi) is 5.27. The van der Waals surface area contributed by atoms with E-state index in [1.807, 2.05) is 19.1 Å². The molecule has 1 atom stereocenters. The van der Waals surface area contributed by atoms with Gasteiger partial charge in [0.2, 0.25) is 0 Å². The van der Waals surface area contributed by atoms with E-state index in [-0.39, 0.29) is 11.1 Å². The first-order valence-corrected chi connectivity index (χ1v) is 9.02. The van der Waals surface area contributed by atoms with Crippen LogP contribution in [0.1, 0.15) is 22.8 Å². The first-order chi connectivity index (χ1) is 12.5. The average molecular weight is 370 g/mol. The molecule has 134 valence electrons. The number of nitrogens with zero attached hydrogens (tertiary/aromatic N) is 1. The van der Waals surface area contributed by atoms with Crippen molar-refractivity contribution in [3.8, 4) is 0 Å². The fourth-order valence-electron chi connectivity index (χ4n) is 2.57. The van der Waals surface area contributed by atoms with Gasteiger partial charge in [-0.15, -0.1) is 0 Å². The predicted molar refractivity (Wildman–Crippen MR) is 101 cm³/mol. The Hall–Kier alpha value is -2.80. The number of imide groups is 1. The molecule has 1 unspecified atom stereocenters. The lowest BCUT2D eigenvalue weighted by molar-refractivity contribution is -0.116. The number of hydrogen-bond acceptors (Lipinski definition) is 6. The molecule has 0 bridgehead atoms. The Morgan fingerprint density at radius 1 is 1.19 bits per heavy atom. The van der Waals surface area contributed by atoms with Crippen molar-refractivity contribution in [1.82, 2.24) is 0 Å². The monoisotopic (exact) mass is 370 g/mol. The molecule has 0 aliphatic carbocycles.